The first-order valence-corrected chi connectivity index (χ1v) is 10.8. The number of nitrogens with one attached hydrogen (secondary N) is 2. The maximum atomic E-state index is 12.1. The van der Waals surface area contributed by atoms with E-state index in [9.17, 15) is 13.2 Å². The van der Waals surface area contributed by atoms with E-state index in [1.165, 1.54) is 11.3 Å². The Kier molecular flexibility index (Phi) is 5.62. The Morgan fingerprint density at radius 1 is 1.22 bits per heavy atom. The van der Waals surface area contributed by atoms with Gasteiger partial charge in [0.1, 0.15) is 10.8 Å². The molecule has 142 valence electrons. The average Bonchev–Trinajstić information content (AvgIpc) is 3.22. The lowest BCUT2D eigenvalue weighted by molar-refractivity contribution is -0.120. The molecule has 0 unspecified atom stereocenters. The Morgan fingerprint density at radius 2 is 1.96 bits per heavy atom. The molecule has 0 aliphatic carbocycles. The minimum atomic E-state index is -3.31. The molecule has 9 heteroatoms. The van der Waals surface area contributed by atoms with Crippen molar-refractivity contribution in [2.24, 2.45) is 0 Å². The normalized spacial score (nSPS) is 11.3. The summed E-state index contributed by atoms with van der Waals surface area (Å²) < 4.78 is 30.2. The van der Waals surface area contributed by atoms with Crippen LogP contribution in [-0.2, 0) is 27.8 Å². The van der Waals surface area contributed by atoms with Gasteiger partial charge in [0, 0.05) is 16.1 Å². The van der Waals surface area contributed by atoms with E-state index >= 15 is 0 Å². The number of rotatable bonds is 7. The molecular formula is C18H19N3O4S2. The van der Waals surface area contributed by atoms with Crippen LogP contribution in [0, 0.1) is 6.92 Å². The third-order valence-electron chi connectivity index (χ3n) is 3.65. The molecule has 2 heterocycles. The van der Waals surface area contributed by atoms with E-state index in [4.69, 9.17) is 4.42 Å². The van der Waals surface area contributed by atoms with E-state index in [0.717, 1.165) is 27.4 Å². The fraction of sp³-hybridized carbons (Fsp3) is 0.222. The van der Waals surface area contributed by atoms with Gasteiger partial charge in [0.05, 0.1) is 31.2 Å². The third-order valence-corrected chi connectivity index (χ3v) is 5.23. The summed E-state index contributed by atoms with van der Waals surface area (Å²) in [4.78, 5) is 17.6. The molecule has 7 nitrogen and oxygen atoms in total. The van der Waals surface area contributed by atoms with E-state index in [2.05, 4.69) is 15.0 Å². The van der Waals surface area contributed by atoms with Gasteiger partial charge in [-0.1, -0.05) is 12.1 Å². The number of sulfonamides is 1. The van der Waals surface area contributed by atoms with Crippen LogP contribution >= 0.6 is 11.3 Å². The van der Waals surface area contributed by atoms with Gasteiger partial charge in [0.25, 0.3) is 0 Å². The second-order valence-electron chi connectivity index (χ2n) is 6.00. The Morgan fingerprint density at radius 3 is 2.59 bits per heavy atom. The number of hydrogen-bond acceptors (Lipinski definition) is 6. The minimum Gasteiger partial charge on any atom is -0.467 e. The molecule has 0 atom stereocenters. The molecule has 0 spiro atoms. The molecule has 2 N–H and O–H groups in total. The van der Waals surface area contributed by atoms with Crippen molar-refractivity contribution < 1.29 is 17.6 Å². The summed E-state index contributed by atoms with van der Waals surface area (Å²) in [6.45, 7) is 2.29. The number of hydrogen-bond donors (Lipinski definition) is 2. The predicted octanol–water partition coefficient (Wildman–Crippen LogP) is 2.94. The Balaban J connectivity index is 1.66. The first kappa shape index (κ1) is 19.1. The van der Waals surface area contributed by atoms with E-state index in [1.807, 2.05) is 6.92 Å². The van der Waals surface area contributed by atoms with E-state index in [0.29, 0.717) is 18.0 Å². The summed E-state index contributed by atoms with van der Waals surface area (Å²) in [6, 6.07) is 10.5. The summed E-state index contributed by atoms with van der Waals surface area (Å²) in [5.74, 6) is 0.571. The van der Waals surface area contributed by atoms with Crippen LogP contribution in [0.4, 0.5) is 5.69 Å². The Hall–Kier alpha value is -2.65. The van der Waals surface area contributed by atoms with Crippen molar-refractivity contribution in [3.8, 4) is 11.3 Å². The number of carbonyl (C=O) groups is 1. The van der Waals surface area contributed by atoms with Crippen LogP contribution in [0.1, 0.15) is 15.6 Å². The standard InChI is InChI=1S/C18H19N3O4S2/c1-12-18(13-5-7-14(8-6-13)21-27(2,23)24)20-17(26-12)10-16(22)19-11-15-4-3-9-25-15/h3-9,21H,10-11H2,1-2H3,(H,19,22). The van der Waals surface area contributed by atoms with Gasteiger partial charge >= 0.3 is 0 Å². The first-order valence-electron chi connectivity index (χ1n) is 8.14. The minimum absolute atomic E-state index is 0.126. The van der Waals surface area contributed by atoms with Gasteiger partial charge in [-0.25, -0.2) is 13.4 Å². The summed E-state index contributed by atoms with van der Waals surface area (Å²) >= 11 is 1.47. The van der Waals surface area contributed by atoms with Gasteiger partial charge in [0.2, 0.25) is 15.9 Å². The second-order valence-corrected chi connectivity index (χ2v) is 9.03. The summed E-state index contributed by atoms with van der Waals surface area (Å²) in [6.07, 6.45) is 2.86. The zero-order chi connectivity index (χ0) is 19.4. The van der Waals surface area contributed by atoms with Gasteiger partial charge in [-0.3, -0.25) is 9.52 Å². The Bertz CT molecular complexity index is 1020. The van der Waals surface area contributed by atoms with Crippen molar-refractivity contribution >= 4 is 33.0 Å². The van der Waals surface area contributed by atoms with Gasteiger partial charge in [-0.05, 0) is 31.2 Å². The number of aryl methyl sites for hydroxylation is 1. The third kappa shape index (κ3) is 5.41. The number of carbonyl (C=O) groups excluding carboxylic acids is 1. The van der Waals surface area contributed by atoms with E-state index in [1.54, 1.807) is 42.7 Å². The highest BCUT2D eigenvalue weighted by atomic mass is 32.2. The van der Waals surface area contributed by atoms with Crippen molar-refractivity contribution in [1.29, 1.82) is 0 Å². The van der Waals surface area contributed by atoms with E-state index < -0.39 is 10.0 Å². The van der Waals surface area contributed by atoms with Crippen LogP contribution in [0.25, 0.3) is 11.3 Å². The van der Waals surface area contributed by atoms with Crippen LogP contribution in [0.15, 0.2) is 47.1 Å². The van der Waals surface area contributed by atoms with Gasteiger partial charge in [0.15, 0.2) is 0 Å². The molecule has 3 rings (SSSR count). The average molecular weight is 406 g/mol. The molecule has 0 saturated carbocycles. The molecule has 27 heavy (non-hydrogen) atoms. The monoisotopic (exact) mass is 405 g/mol. The summed E-state index contributed by atoms with van der Waals surface area (Å²) in [5.41, 5.74) is 2.15. The predicted molar refractivity (Wildman–Crippen MR) is 105 cm³/mol. The molecule has 0 radical (unpaired) electrons. The molecule has 0 fully saturated rings. The van der Waals surface area contributed by atoms with Gasteiger partial charge in [-0.15, -0.1) is 11.3 Å². The molecule has 1 aromatic carbocycles. The number of furan rings is 1. The molecule has 3 aromatic rings. The highest BCUT2D eigenvalue weighted by Gasteiger charge is 2.13. The number of anilines is 1. The SMILES string of the molecule is Cc1sc(CC(=O)NCc2ccco2)nc1-c1ccc(NS(C)(=O)=O)cc1. The second kappa shape index (κ2) is 7.93. The number of amides is 1. The van der Waals surface area contributed by atoms with Gasteiger partial charge < -0.3 is 9.73 Å². The number of benzene rings is 1. The van der Waals surface area contributed by atoms with Crippen LogP contribution in [-0.4, -0.2) is 25.6 Å². The largest absolute Gasteiger partial charge is 0.467 e. The zero-order valence-corrected chi connectivity index (χ0v) is 16.5. The zero-order valence-electron chi connectivity index (χ0n) is 14.9. The van der Waals surface area contributed by atoms with Crippen molar-refractivity contribution in [2.75, 3.05) is 11.0 Å². The van der Waals surface area contributed by atoms with E-state index in [-0.39, 0.29) is 12.3 Å². The molecule has 2 aromatic heterocycles. The first-order chi connectivity index (χ1) is 12.8. The highest BCUT2D eigenvalue weighted by molar-refractivity contribution is 7.92. The number of nitrogens with zero attached hydrogens (tertiary/aromatic N) is 1. The maximum absolute atomic E-state index is 12.1. The molecule has 0 bridgehead atoms. The fourth-order valence-corrected chi connectivity index (χ4v) is 4.02. The lowest BCUT2D eigenvalue weighted by Crippen LogP contribution is -2.24. The van der Waals surface area contributed by atoms with Crippen LogP contribution < -0.4 is 10.0 Å². The molecule has 0 saturated heterocycles. The maximum Gasteiger partial charge on any atom is 0.229 e. The molecular weight excluding hydrogens is 386 g/mol. The smallest absolute Gasteiger partial charge is 0.229 e. The quantitative estimate of drug-likeness (QED) is 0.629. The molecule has 1 amide bonds. The Labute approximate surface area is 161 Å². The summed E-state index contributed by atoms with van der Waals surface area (Å²) in [5, 5.41) is 3.52. The number of aromatic nitrogens is 1. The van der Waals surface area contributed by atoms with Crippen molar-refractivity contribution in [1.82, 2.24) is 10.3 Å². The highest BCUT2D eigenvalue weighted by Crippen LogP contribution is 2.28. The summed E-state index contributed by atoms with van der Waals surface area (Å²) in [7, 11) is -3.31. The fourth-order valence-electron chi connectivity index (χ4n) is 2.50. The lowest BCUT2D eigenvalue weighted by atomic mass is 10.1. The van der Waals surface area contributed by atoms with Crippen molar-refractivity contribution in [3.05, 3.63) is 58.3 Å². The number of thiazole rings is 1. The van der Waals surface area contributed by atoms with Gasteiger partial charge in [-0.2, -0.15) is 0 Å². The lowest BCUT2D eigenvalue weighted by Gasteiger charge is -2.05. The van der Waals surface area contributed by atoms with Crippen LogP contribution in [0.3, 0.4) is 0 Å². The van der Waals surface area contributed by atoms with Crippen LogP contribution in [0.2, 0.25) is 0 Å². The molecule has 0 aliphatic rings. The topological polar surface area (TPSA) is 101 Å². The van der Waals surface area contributed by atoms with Crippen LogP contribution in [0.5, 0.6) is 0 Å². The molecule has 0 aliphatic heterocycles. The van der Waals surface area contributed by atoms with Crippen molar-refractivity contribution in [2.45, 2.75) is 19.9 Å². The van der Waals surface area contributed by atoms with Crippen molar-refractivity contribution in [3.63, 3.8) is 0 Å².